The molecule has 0 N–H and O–H groups in total. The van der Waals surface area contributed by atoms with Crippen LogP contribution < -0.4 is 4.74 Å². The van der Waals surface area contributed by atoms with Crippen molar-refractivity contribution in [3.63, 3.8) is 0 Å². The number of ketones is 1. The van der Waals surface area contributed by atoms with Gasteiger partial charge in [0, 0.05) is 17.1 Å². The normalized spacial score (nSPS) is 12.2. The Labute approximate surface area is 91.6 Å². The number of carbonyl (C=O) groups excluding carboxylic acids is 1. The molecule has 0 spiro atoms. The fraction of sp³-hybridized carbons (Fsp3) is 0.400. The van der Waals surface area contributed by atoms with Crippen LogP contribution >= 0.6 is 15.9 Å². The van der Waals surface area contributed by atoms with Gasteiger partial charge in [-0.15, -0.1) is 0 Å². The minimum Gasteiger partial charge on any atom is -0.489 e. The van der Waals surface area contributed by atoms with Crippen molar-refractivity contribution in [2.24, 2.45) is 0 Å². The molecule has 14 heavy (non-hydrogen) atoms. The topological polar surface area (TPSA) is 39.2 Å². The summed E-state index contributed by atoms with van der Waals surface area (Å²) in [6, 6.07) is 1.82. The van der Waals surface area contributed by atoms with Gasteiger partial charge < -0.3 is 4.74 Å². The number of aromatic nitrogens is 1. The Balaban J connectivity index is 2.55. The van der Waals surface area contributed by atoms with Gasteiger partial charge in [0.15, 0.2) is 0 Å². The first-order valence-electron chi connectivity index (χ1n) is 4.34. The molecule has 0 aliphatic heterocycles. The highest BCUT2D eigenvalue weighted by Crippen LogP contribution is 2.17. The second kappa shape index (κ2) is 5.10. The molecule has 0 aliphatic rings. The second-order valence-corrected chi connectivity index (χ2v) is 4.09. The van der Waals surface area contributed by atoms with E-state index in [-0.39, 0.29) is 11.9 Å². The Morgan fingerprint density at radius 1 is 1.64 bits per heavy atom. The van der Waals surface area contributed by atoms with Gasteiger partial charge in [-0.2, -0.15) is 0 Å². The van der Waals surface area contributed by atoms with Gasteiger partial charge >= 0.3 is 0 Å². The third kappa shape index (κ3) is 3.87. The molecule has 1 unspecified atom stereocenters. The number of rotatable bonds is 4. The number of ether oxygens (including phenoxy) is 1. The lowest BCUT2D eigenvalue weighted by atomic mass is 10.2. The van der Waals surface area contributed by atoms with Crippen LogP contribution in [-0.4, -0.2) is 16.9 Å². The predicted octanol–water partition coefficient (Wildman–Crippen LogP) is 2.59. The maximum Gasteiger partial charge on any atom is 0.139 e. The van der Waals surface area contributed by atoms with Gasteiger partial charge in [0.1, 0.15) is 17.6 Å². The number of carbonyl (C=O) groups is 1. The highest BCUT2D eigenvalue weighted by molar-refractivity contribution is 9.10. The molecule has 0 radical (unpaired) electrons. The van der Waals surface area contributed by atoms with Crippen LogP contribution in [0.3, 0.4) is 0 Å². The van der Waals surface area contributed by atoms with E-state index in [1.54, 1.807) is 19.3 Å². The Morgan fingerprint density at radius 2 is 2.36 bits per heavy atom. The monoisotopic (exact) mass is 257 g/mol. The van der Waals surface area contributed by atoms with E-state index in [9.17, 15) is 4.79 Å². The van der Waals surface area contributed by atoms with Crippen molar-refractivity contribution >= 4 is 21.7 Å². The molecule has 1 rings (SSSR count). The summed E-state index contributed by atoms with van der Waals surface area (Å²) in [6.45, 7) is 3.42. The van der Waals surface area contributed by atoms with Gasteiger partial charge in [0.2, 0.25) is 0 Å². The molecule has 0 saturated heterocycles. The standard InChI is InChI=1S/C10H12BrNO2/c1-7(13)3-8(2)14-10-4-9(11)5-12-6-10/h4-6,8H,3H2,1-2H3. The minimum absolute atomic E-state index is 0.108. The van der Waals surface area contributed by atoms with E-state index < -0.39 is 0 Å². The molecule has 1 heterocycles. The summed E-state index contributed by atoms with van der Waals surface area (Å²) in [7, 11) is 0. The van der Waals surface area contributed by atoms with E-state index in [1.165, 1.54) is 0 Å². The van der Waals surface area contributed by atoms with Crippen LogP contribution in [0, 0.1) is 0 Å². The lowest BCUT2D eigenvalue weighted by molar-refractivity contribution is -0.118. The molecule has 4 heteroatoms. The summed E-state index contributed by atoms with van der Waals surface area (Å²) in [4.78, 5) is 14.8. The van der Waals surface area contributed by atoms with Crippen molar-refractivity contribution < 1.29 is 9.53 Å². The Hall–Kier alpha value is -0.900. The molecule has 1 aromatic heterocycles. The van der Waals surface area contributed by atoms with Crippen LogP contribution in [0.4, 0.5) is 0 Å². The van der Waals surface area contributed by atoms with Crippen molar-refractivity contribution in [1.82, 2.24) is 4.98 Å². The summed E-state index contributed by atoms with van der Waals surface area (Å²) in [5.74, 6) is 0.800. The maximum atomic E-state index is 10.8. The molecule has 0 aliphatic carbocycles. The SMILES string of the molecule is CC(=O)CC(C)Oc1cncc(Br)c1. The number of hydrogen-bond donors (Lipinski definition) is 0. The molecule has 0 amide bonds. The van der Waals surface area contributed by atoms with Crippen LogP contribution in [0.2, 0.25) is 0 Å². The largest absolute Gasteiger partial charge is 0.489 e. The van der Waals surface area contributed by atoms with Crippen LogP contribution in [0.25, 0.3) is 0 Å². The zero-order chi connectivity index (χ0) is 10.6. The van der Waals surface area contributed by atoms with Gasteiger partial charge in [0.25, 0.3) is 0 Å². The van der Waals surface area contributed by atoms with Crippen molar-refractivity contribution in [2.45, 2.75) is 26.4 Å². The van der Waals surface area contributed by atoms with Crippen LogP contribution in [-0.2, 0) is 4.79 Å². The molecular formula is C10H12BrNO2. The molecule has 1 aromatic rings. The van der Waals surface area contributed by atoms with E-state index in [1.807, 2.05) is 13.0 Å². The number of halogens is 1. The minimum atomic E-state index is -0.108. The van der Waals surface area contributed by atoms with Gasteiger partial charge in [0.05, 0.1) is 6.20 Å². The Kier molecular flexibility index (Phi) is 4.07. The quantitative estimate of drug-likeness (QED) is 0.833. The third-order valence-electron chi connectivity index (χ3n) is 1.59. The smallest absolute Gasteiger partial charge is 0.139 e. The van der Waals surface area contributed by atoms with Crippen molar-refractivity contribution in [3.05, 3.63) is 22.9 Å². The molecule has 76 valence electrons. The number of nitrogens with zero attached hydrogens (tertiary/aromatic N) is 1. The van der Waals surface area contributed by atoms with Gasteiger partial charge in [-0.05, 0) is 35.8 Å². The first kappa shape index (κ1) is 11.2. The van der Waals surface area contributed by atoms with Crippen LogP contribution in [0.5, 0.6) is 5.75 Å². The predicted molar refractivity (Wildman–Crippen MR) is 57.3 cm³/mol. The van der Waals surface area contributed by atoms with Gasteiger partial charge in [-0.25, -0.2) is 0 Å². The van der Waals surface area contributed by atoms with Gasteiger partial charge in [-0.3, -0.25) is 9.78 Å². The number of hydrogen-bond acceptors (Lipinski definition) is 3. The molecule has 0 aromatic carbocycles. The summed E-state index contributed by atoms with van der Waals surface area (Å²) in [6.07, 6.45) is 3.62. The summed E-state index contributed by atoms with van der Waals surface area (Å²) < 4.78 is 6.36. The number of Topliss-reactive ketones (excluding diaryl/α,β-unsaturated/α-hetero) is 1. The highest BCUT2D eigenvalue weighted by atomic mass is 79.9. The fourth-order valence-corrected chi connectivity index (χ4v) is 1.48. The third-order valence-corrected chi connectivity index (χ3v) is 2.03. The molecule has 3 nitrogen and oxygen atoms in total. The summed E-state index contributed by atoms with van der Waals surface area (Å²) in [5.41, 5.74) is 0. The van der Waals surface area contributed by atoms with Crippen molar-refractivity contribution in [3.8, 4) is 5.75 Å². The summed E-state index contributed by atoms with van der Waals surface area (Å²) >= 11 is 3.29. The van der Waals surface area contributed by atoms with E-state index in [4.69, 9.17) is 4.74 Å². The van der Waals surface area contributed by atoms with E-state index in [0.29, 0.717) is 12.2 Å². The zero-order valence-corrected chi connectivity index (χ0v) is 9.74. The molecular weight excluding hydrogens is 246 g/mol. The second-order valence-electron chi connectivity index (χ2n) is 3.17. The van der Waals surface area contributed by atoms with Crippen molar-refractivity contribution in [1.29, 1.82) is 0 Å². The maximum absolute atomic E-state index is 10.8. The molecule has 0 fully saturated rings. The lowest BCUT2D eigenvalue weighted by Crippen LogP contribution is -2.15. The molecule has 0 saturated carbocycles. The van der Waals surface area contributed by atoms with Gasteiger partial charge in [-0.1, -0.05) is 0 Å². The van der Waals surface area contributed by atoms with E-state index in [0.717, 1.165) is 4.47 Å². The zero-order valence-electron chi connectivity index (χ0n) is 8.16. The van der Waals surface area contributed by atoms with E-state index >= 15 is 0 Å². The molecule has 0 bridgehead atoms. The van der Waals surface area contributed by atoms with E-state index in [2.05, 4.69) is 20.9 Å². The van der Waals surface area contributed by atoms with Crippen LogP contribution in [0.1, 0.15) is 20.3 Å². The average Bonchev–Trinajstić information content (AvgIpc) is 2.01. The first-order valence-corrected chi connectivity index (χ1v) is 5.14. The Morgan fingerprint density at radius 3 is 2.93 bits per heavy atom. The summed E-state index contributed by atoms with van der Waals surface area (Å²) in [5, 5.41) is 0. The highest BCUT2D eigenvalue weighted by Gasteiger charge is 2.07. The molecule has 1 atom stereocenters. The fourth-order valence-electron chi connectivity index (χ4n) is 1.14. The lowest BCUT2D eigenvalue weighted by Gasteiger charge is -2.12. The van der Waals surface area contributed by atoms with Crippen LogP contribution in [0.15, 0.2) is 22.9 Å². The first-order chi connectivity index (χ1) is 6.58. The average molecular weight is 258 g/mol. The van der Waals surface area contributed by atoms with Crippen molar-refractivity contribution in [2.75, 3.05) is 0 Å². The Bertz CT molecular complexity index is 328. The number of pyridine rings is 1.